The van der Waals surface area contributed by atoms with E-state index in [9.17, 15) is 14.4 Å². The lowest BCUT2D eigenvalue weighted by molar-refractivity contribution is -0.118. The molecule has 3 rings (SSSR count). The van der Waals surface area contributed by atoms with Gasteiger partial charge in [0.25, 0.3) is 5.56 Å². The first-order valence-electron chi connectivity index (χ1n) is 10.8. The molecule has 0 saturated carbocycles. The predicted molar refractivity (Wildman–Crippen MR) is 125 cm³/mol. The van der Waals surface area contributed by atoms with Crippen LogP contribution in [0, 0.1) is 6.92 Å². The van der Waals surface area contributed by atoms with Gasteiger partial charge in [0.1, 0.15) is 4.88 Å². The largest absolute Gasteiger partial charge is 0.462 e. The monoisotopic (exact) mass is 456 g/mol. The summed E-state index contributed by atoms with van der Waals surface area (Å²) in [6.07, 6.45) is 2.82. The van der Waals surface area contributed by atoms with Crippen molar-refractivity contribution in [1.29, 1.82) is 0 Å². The zero-order valence-corrected chi connectivity index (χ0v) is 19.7. The van der Waals surface area contributed by atoms with Gasteiger partial charge < -0.3 is 4.74 Å². The molecule has 0 spiro atoms. The molecule has 170 valence electrons. The topological polar surface area (TPSA) is 94.4 Å². The maximum Gasteiger partial charge on any atom is 0.350 e. The number of carbonyl (C=O) groups is 2. The minimum atomic E-state index is -0.430. The highest BCUT2D eigenvalue weighted by atomic mass is 32.1. The van der Waals surface area contributed by atoms with Crippen LogP contribution in [0.2, 0.25) is 0 Å². The molecular weight excluding hydrogens is 428 g/mol. The molecule has 0 fully saturated rings. The van der Waals surface area contributed by atoms with E-state index in [-0.39, 0.29) is 24.5 Å². The van der Waals surface area contributed by atoms with Gasteiger partial charge in [0, 0.05) is 19.0 Å². The normalized spacial score (nSPS) is 11.0. The Kier molecular flexibility index (Phi) is 7.74. The fourth-order valence-electron chi connectivity index (χ4n) is 3.48. The average molecular weight is 457 g/mol. The molecule has 0 bridgehead atoms. The molecule has 0 unspecified atom stereocenters. The van der Waals surface area contributed by atoms with Crippen LogP contribution in [0.3, 0.4) is 0 Å². The second kappa shape index (κ2) is 10.5. The summed E-state index contributed by atoms with van der Waals surface area (Å²) in [5, 5.41) is 6.02. The molecule has 8 nitrogen and oxygen atoms in total. The fourth-order valence-corrected chi connectivity index (χ4v) is 4.48. The molecule has 0 aliphatic rings. The van der Waals surface area contributed by atoms with Crippen LogP contribution < -0.4 is 10.5 Å². The molecule has 32 heavy (non-hydrogen) atoms. The van der Waals surface area contributed by atoms with Gasteiger partial charge >= 0.3 is 5.97 Å². The number of thiazole rings is 1. The van der Waals surface area contributed by atoms with Crippen LogP contribution in [0.25, 0.3) is 10.8 Å². The second-order valence-electron chi connectivity index (χ2n) is 7.48. The first kappa shape index (κ1) is 23.6. The van der Waals surface area contributed by atoms with E-state index < -0.39 is 5.97 Å². The van der Waals surface area contributed by atoms with Gasteiger partial charge in [-0.25, -0.2) is 14.5 Å². The van der Waals surface area contributed by atoms with Crippen LogP contribution in [0.4, 0.5) is 5.13 Å². The van der Waals surface area contributed by atoms with Gasteiger partial charge in [0.15, 0.2) is 5.13 Å². The van der Waals surface area contributed by atoms with Gasteiger partial charge in [-0.1, -0.05) is 49.3 Å². The number of fused-ring (bicyclic) bond motifs is 1. The number of carbonyl (C=O) groups excluding carboxylic acids is 2. The molecule has 1 amide bonds. The average Bonchev–Trinajstić information content (AvgIpc) is 3.16. The van der Waals surface area contributed by atoms with E-state index in [1.54, 1.807) is 44.0 Å². The van der Waals surface area contributed by atoms with Crippen molar-refractivity contribution in [2.75, 3.05) is 18.1 Å². The molecule has 0 saturated heterocycles. The molecule has 0 N–H and O–H groups in total. The van der Waals surface area contributed by atoms with E-state index in [0.717, 1.165) is 19.3 Å². The number of aromatic nitrogens is 3. The van der Waals surface area contributed by atoms with Crippen LogP contribution >= 0.6 is 11.3 Å². The Hall–Kier alpha value is -3.07. The maximum atomic E-state index is 13.4. The van der Waals surface area contributed by atoms with E-state index in [2.05, 4.69) is 17.0 Å². The van der Waals surface area contributed by atoms with Gasteiger partial charge in [-0.2, -0.15) is 5.10 Å². The molecule has 1 aromatic carbocycles. The van der Waals surface area contributed by atoms with Gasteiger partial charge in [-0.3, -0.25) is 14.5 Å². The minimum Gasteiger partial charge on any atom is -0.462 e. The van der Waals surface area contributed by atoms with Crippen LogP contribution in [-0.4, -0.2) is 39.8 Å². The van der Waals surface area contributed by atoms with E-state index in [1.165, 1.54) is 16.0 Å². The molecule has 9 heteroatoms. The van der Waals surface area contributed by atoms with E-state index in [0.29, 0.717) is 38.7 Å². The lowest BCUT2D eigenvalue weighted by Gasteiger charge is -2.20. The lowest BCUT2D eigenvalue weighted by Crippen LogP contribution is -2.34. The first-order valence-corrected chi connectivity index (χ1v) is 11.6. The SMILES string of the molecule is CCCCCN(C(=O)Cc1nn(C)c(=O)c2ccccc12)c1nc(C)c(C(=O)OCC)s1. The minimum absolute atomic E-state index is 0.0220. The summed E-state index contributed by atoms with van der Waals surface area (Å²) in [6, 6.07) is 7.16. The standard InChI is InChI=1S/C23H28N4O4S/c1-5-7-10-13-27(23-24-15(3)20(32-23)22(30)31-6-2)19(28)14-18-16-11-8-9-12-17(16)21(29)26(4)25-18/h8-9,11-12H,5-7,10,13-14H2,1-4H3. The molecule has 0 atom stereocenters. The zero-order chi connectivity index (χ0) is 23.3. The Labute approximate surface area is 190 Å². The van der Waals surface area contributed by atoms with Crippen molar-refractivity contribution in [2.45, 2.75) is 46.5 Å². The highest BCUT2D eigenvalue weighted by molar-refractivity contribution is 7.17. The first-order chi connectivity index (χ1) is 15.4. The summed E-state index contributed by atoms with van der Waals surface area (Å²) in [5.74, 6) is -0.609. The highest BCUT2D eigenvalue weighted by Gasteiger charge is 2.25. The zero-order valence-electron chi connectivity index (χ0n) is 18.9. The Morgan fingerprint density at radius 3 is 2.56 bits per heavy atom. The molecule has 0 radical (unpaired) electrons. The van der Waals surface area contributed by atoms with Crippen molar-refractivity contribution in [3.05, 3.63) is 50.9 Å². The maximum absolute atomic E-state index is 13.4. The summed E-state index contributed by atoms with van der Waals surface area (Å²) in [6.45, 7) is 6.35. The summed E-state index contributed by atoms with van der Waals surface area (Å²) >= 11 is 1.17. The molecule has 2 aromatic heterocycles. The number of nitrogens with zero attached hydrogens (tertiary/aromatic N) is 4. The molecule has 2 heterocycles. The summed E-state index contributed by atoms with van der Waals surface area (Å²) in [5.41, 5.74) is 0.876. The summed E-state index contributed by atoms with van der Waals surface area (Å²) in [4.78, 5) is 44.6. The van der Waals surface area contributed by atoms with Crippen LogP contribution in [-0.2, 0) is 23.0 Å². The van der Waals surface area contributed by atoms with Gasteiger partial charge in [0.2, 0.25) is 5.91 Å². The smallest absolute Gasteiger partial charge is 0.350 e. The quantitative estimate of drug-likeness (QED) is 0.360. The lowest BCUT2D eigenvalue weighted by atomic mass is 10.1. The number of esters is 1. The Morgan fingerprint density at radius 1 is 1.16 bits per heavy atom. The summed E-state index contributed by atoms with van der Waals surface area (Å²) in [7, 11) is 1.58. The third kappa shape index (κ3) is 5.04. The second-order valence-corrected chi connectivity index (χ2v) is 8.46. The van der Waals surface area contributed by atoms with E-state index in [4.69, 9.17) is 4.74 Å². The number of rotatable bonds is 9. The van der Waals surface area contributed by atoms with Crippen molar-refractivity contribution in [1.82, 2.24) is 14.8 Å². The van der Waals surface area contributed by atoms with Crippen LogP contribution in [0.1, 0.15) is 54.2 Å². The van der Waals surface area contributed by atoms with E-state index >= 15 is 0 Å². The highest BCUT2D eigenvalue weighted by Crippen LogP contribution is 2.28. The van der Waals surface area contributed by atoms with Gasteiger partial charge in [-0.05, 0) is 26.3 Å². The number of amides is 1. The van der Waals surface area contributed by atoms with Gasteiger partial charge in [-0.15, -0.1) is 0 Å². The van der Waals surface area contributed by atoms with Crippen LogP contribution in [0.5, 0.6) is 0 Å². The number of unbranched alkanes of at least 4 members (excludes halogenated alkanes) is 2. The predicted octanol–water partition coefficient (Wildman–Crippen LogP) is 3.64. The number of benzene rings is 1. The van der Waals surface area contributed by atoms with Crippen molar-refractivity contribution in [3.8, 4) is 0 Å². The molecular formula is C23H28N4O4S. The third-order valence-corrected chi connectivity index (χ3v) is 6.28. The fraction of sp³-hybridized carbons (Fsp3) is 0.435. The van der Waals surface area contributed by atoms with Crippen molar-refractivity contribution < 1.29 is 14.3 Å². The Balaban J connectivity index is 1.95. The number of hydrogen-bond donors (Lipinski definition) is 0. The van der Waals surface area contributed by atoms with E-state index in [1.807, 2.05) is 6.07 Å². The number of hydrogen-bond acceptors (Lipinski definition) is 7. The number of anilines is 1. The van der Waals surface area contributed by atoms with Crippen molar-refractivity contribution in [3.63, 3.8) is 0 Å². The van der Waals surface area contributed by atoms with Crippen molar-refractivity contribution >= 4 is 39.1 Å². The number of ether oxygens (including phenoxy) is 1. The summed E-state index contributed by atoms with van der Waals surface area (Å²) < 4.78 is 6.38. The third-order valence-electron chi connectivity index (χ3n) is 5.12. The Morgan fingerprint density at radius 2 is 1.88 bits per heavy atom. The molecule has 3 aromatic rings. The molecule has 0 aliphatic heterocycles. The van der Waals surface area contributed by atoms with Gasteiger partial charge in [0.05, 0.1) is 29.8 Å². The molecule has 0 aliphatic carbocycles. The Bertz CT molecular complexity index is 1180. The number of aryl methyl sites for hydroxylation is 2. The van der Waals surface area contributed by atoms with Crippen molar-refractivity contribution in [2.24, 2.45) is 7.05 Å². The van der Waals surface area contributed by atoms with Crippen LogP contribution in [0.15, 0.2) is 29.1 Å².